The van der Waals surface area contributed by atoms with Gasteiger partial charge in [0.05, 0.1) is 19.3 Å². The van der Waals surface area contributed by atoms with Gasteiger partial charge in [-0.2, -0.15) is 0 Å². The summed E-state index contributed by atoms with van der Waals surface area (Å²) in [5.41, 5.74) is 3.22. The van der Waals surface area contributed by atoms with Crippen LogP contribution in [0.1, 0.15) is 43.2 Å². The molecule has 4 rings (SSSR count). The lowest BCUT2D eigenvalue weighted by atomic mass is 10.1. The van der Waals surface area contributed by atoms with E-state index in [0.29, 0.717) is 18.9 Å². The van der Waals surface area contributed by atoms with Crippen LogP contribution in [0.2, 0.25) is 0 Å². The van der Waals surface area contributed by atoms with E-state index in [4.69, 9.17) is 9.47 Å². The summed E-state index contributed by atoms with van der Waals surface area (Å²) in [7, 11) is 0. The Morgan fingerprint density at radius 2 is 1.80 bits per heavy atom. The van der Waals surface area contributed by atoms with Crippen LogP contribution >= 0.6 is 0 Å². The van der Waals surface area contributed by atoms with E-state index in [1.807, 2.05) is 24.3 Å². The second-order valence-corrected chi connectivity index (χ2v) is 8.31. The van der Waals surface area contributed by atoms with Gasteiger partial charge in [-0.15, -0.1) is 0 Å². The van der Waals surface area contributed by atoms with E-state index in [9.17, 15) is 4.79 Å². The molecule has 30 heavy (non-hydrogen) atoms. The summed E-state index contributed by atoms with van der Waals surface area (Å²) in [4.78, 5) is 14.9. The van der Waals surface area contributed by atoms with Crippen LogP contribution in [0.15, 0.2) is 48.5 Å². The molecule has 2 fully saturated rings. The highest BCUT2D eigenvalue weighted by molar-refractivity contribution is 5.90. The molecule has 1 saturated heterocycles. The fraction of sp³-hybridized carbons (Fsp3) is 0.480. The van der Waals surface area contributed by atoms with Crippen molar-refractivity contribution in [2.75, 3.05) is 31.6 Å². The van der Waals surface area contributed by atoms with Crippen LogP contribution in [0.5, 0.6) is 5.75 Å². The molecule has 0 radical (unpaired) electrons. The molecule has 5 heteroatoms. The molecule has 0 atom stereocenters. The number of ether oxygens (including phenoxy) is 2. The van der Waals surface area contributed by atoms with Gasteiger partial charge in [-0.25, -0.2) is 0 Å². The maximum absolute atomic E-state index is 12.5. The predicted molar refractivity (Wildman–Crippen MR) is 119 cm³/mol. The molecule has 0 aromatic heterocycles. The summed E-state index contributed by atoms with van der Waals surface area (Å²) >= 11 is 0. The minimum Gasteiger partial charge on any atom is -0.490 e. The highest BCUT2D eigenvalue weighted by Crippen LogP contribution is 2.25. The average Bonchev–Trinajstić information content (AvgIpc) is 3.27. The first-order valence-electron chi connectivity index (χ1n) is 11.2. The first-order valence-corrected chi connectivity index (χ1v) is 11.2. The number of carbonyl (C=O) groups is 1. The first-order chi connectivity index (χ1) is 14.7. The molecule has 2 aromatic carbocycles. The predicted octanol–water partition coefficient (Wildman–Crippen LogP) is 4.41. The lowest BCUT2D eigenvalue weighted by molar-refractivity contribution is -0.116. The highest BCUT2D eigenvalue weighted by Gasteiger charge is 2.16. The van der Waals surface area contributed by atoms with E-state index in [1.54, 1.807) is 0 Å². The van der Waals surface area contributed by atoms with E-state index in [1.165, 1.54) is 18.4 Å². The Balaban J connectivity index is 1.26. The molecule has 0 spiro atoms. The van der Waals surface area contributed by atoms with Gasteiger partial charge in [0.25, 0.3) is 0 Å². The molecule has 2 aliphatic rings. The number of nitrogens with one attached hydrogen (secondary N) is 1. The fourth-order valence-corrected chi connectivity index (χ4v) is 4.22. The second kappa shape index (κ2) is 10.6. The van der Waals surface area contributed by atoms with Crippen molar-refractivity contribution in [2.45, 2.75) is 51.2 Å². The van der Waals surface area contributed by atoms with Crippen molar-refractivity contribution < 1.29 is 14.3 Å². The summed E-state index contributed by atoms with van der Waals surface area (Å²) < 4.78 is 11.5. The van der Waals surface area contributed by atoms with Gasteiger partial charge >= 0.3 is 0 Å². The highest BCUT2D eigenvalue weighted by atomic mass is 16.5. The van der Waals surface area contributed by atoms with Crippen LogP contribution in [0.3, 0.4) is 0 Å². The Hall–Kier alpha value is -2.37. The first kappa shape index (κ1) is 20.9. The molecule has 5 nitrogen and oxygen atoms in total. The molecule has 2 aromatic rings. The molecule has 1 aliphatic heterocycles. The molecule has 1 aliphatic carbocycles. The smallest absolute Gasteiger partial charge is 0.224 e. The van der Waals surface area contributed by atoms with Gasteiger partial charge in [0.15, 0.2) is 0 Å². The zero-order valence-electron chi connectivity index (χ0n) is 17.6. The maximum Gasteiger partial charge on any atom is 0.224 e. The third-order valence-electron chi connectivity index (χ3n) is 5.86. The summed E-state index contributed by atoms with van der Waals surface area (Å²) in [6.07, 6.45) is 6.35. The van der Waals surface area contributed by atoms with E-state index >= 15 is 0 Å². The van der Waals surface area contributed by atoms with Gasteiger partial charge in [-0.3, -0.25) is 9.69 Å². The average molecular weight is 409 g/mol. The molecular weight excluding hydrogens is 376 g/mol. The Morgan fingerprint density at radius 1 is 1.03 bits per heavy atom. The minimum absolute atomic E-state index is 0.0423. The fourth-order valence-electron chi connectivity index (χ4n) is 4.22. The van der Waals surface area contributed by atoms with Crippen LogP contribution in [-0.4, -0.2) is 43.2 Å². The van der Waals surface area contributed by atoms with Crippen molar-refractivity contribution in [1.29, 1.82) is 0 Å². The van der Waals surface area contributed by atoms with Crippen molar-refractivity contribution in [1.82, 2.24) is 4.90 Å². The maximum atomic E-state index is 12.5. The van der Waals surface area contributed by atoms with E-state index in [0.717, 1.165) is 62.7 Å². The van der Waals surface area contributed by atoms with Crippen LogP contribution in [0.4, 0.5) is 5.69 Å². The number of rotatable bonds is 8. The molecule has 1 heterocycles. The Bertz CT molecular complexity index is 827. The Morgan fingerprint density at radius 3 is 2.63 bits per heavy atom. The van der Waals surface area contributed by atoms with Crippen molar-refractivity contribution >= 4 is 11.6 Å². The molecule has 0 unspecified atom stereocenters. The third kappa shape index (κ3) is 6.31. The van der Waals surface area contributed by atoms with E-state index in [-0.39, 0.29) is 5.91 Å². The van der Waals surface area contributed by atoms with Gasteiger partial charge in [-0.05, 0) is 67.5 Å². The van der Waals surface area contributed by atoms with Gasteiger partial charge in [0.1, 0.15) is 5.75 Å². The number of hydrogen-bond donors (Lipinski definition) is 1. The summed E-state index contributed by atoms with van der Waals surface area (Å²) in [5.74, 6) is 0.969. The van der Waals surface area contributed by atoms with Crippen molar-refractivity contribution in [2.24, 2.45) is 0 Å². The van der Waals surface area contributed by atoms with Gasteiger partial charge in [-0.1, -0.05) is 24.3 Å². The largest absolute Gasteiger partial charge is 0.490 e. The Labute approximate surface area is 179 Å². The van der Waals surface area contributed by atoms with Crippen LogP contribution in [0, 0.1) is 0 Å². The molecule has 1 amide bonds. The molecule has 1 saturated carbocycles. The summed E-state index contributed by atoms with van der Waals surface area (Å²) in [6, 6.07) is 16.3. The van der Waals surface area contributed by atoms with E-state index < -0.39 is 0 Å². The van der Waals surface area contributed by atoms with Crippen molar-refractivity contribution in [3.8, 4) is 5.75 Å². The number of nitrogens with zero attached hydrogens (tertiary/aromatic N) is 1. The lowest BCUT2D eigenvalue weighted by Crippen LogP contribution is -2.35. The summed E-state index contributed by atoms with van der Waals surface area (Å²) in [6.45, 7) is 4.40. The van der Waals surface area contributed by atoms with Gasteiger partial charge in [0.2, 0.25) is 5.91 Å². The molecule has 160 valence electrons. The molecule has 1 N–H and O–H groups in total. The lowest BCUT2D eigenvalue weighted by Gasteiger charge is -2.26. The Kier molecular flexibility index (Phi) is 7.38. The van der Waals surface area contributed by atoms with Gasteiger partial charge < -0.3 is 14.8 Å². The molecular formula is C25H32N2O3. The van der Waals surface area contributed by atoms with Crippen molar-refractivity contribution in [3.63, 3.8) is 0 Å². The normalized spacial score (nSPS) is 17.7. The topological polar surface area (TPSA) is 50.8 Å². The number of amides is 1. The standard InChI is InChI=1S/C25H32N2O3/c28-25(12-11-20-5-4-10-24(18-20)30-23-8-1-2-9-23)26-22-7-3-6-21(17-22)19-27-13-15-29-16-14-27/h3-7,10,17-18,23H,1-2,8-9,11-16,19H2,(H,26,28). The zero-order valence-corrected chi connectivity index (χ0v) is 17.6. The summed E-state index contributed by atoms with van der Waals surface area (Å²) in [5, 5.41) is 3.05. The number of carbonyl (C=O) groups excluding carboxylic acids is 1. The van der Waals surface area contributed by atoms with Gasteiger partial charge in [0, 0.05) is 31.7 Å². The third-order valence-corrected chi connectivity index (χ3v) is 5.86. The van der Waals surface area contributed by atoms with Crippen LogP contribution < -0.4 is 10.1 Å². The molecule has 0 bridgehead atoms. The number of benzene rings is 2. The second-order valence-electron chi connectivity index (χ2n) is 8.31. The quantitative estimate of drug-likeness (QED) is 0.703. The SMILES string of the molecule is O=C(CCc1cccc(OC2CCCC2)c1)Nc1cccc(CN2CCOCC2)c1. The zero-order chi connectivity index (χ0) is 20.6. The number of anilines is 1. The number of hydrogen-bond acceptors (Lipinski definition) is 4. The minimum atomic E-state index is 0.0423. The monoisotopic (exact) mass is 408 g/mol. The van der Waals surface area contributed by atoms with Crippen LogP contribution in [0.25, 0.3) is 0 Å². The van der Waals surface area contributed by atoms with Crippen molar-refractivity contribution in [3.05, 3.63) is 59.7 Å². The van der Waals surface area contributed by atoms with E-state index in [2.05, 4.69) is 34.5 Å². The van der Waals surface area contributed by atoms with Crippen LogP contribution in [-0.2, 0) is 22.5 Å². The number of aryl methyl sites for hydroxylation is 1. The number of morpholine rings is 1.